The molecular formula is C27H32N2O3. The number of hydrogen-bond donors (Lipinski definition) is 0. The molecular weight excluding hydrogens is 400 g/mol. The van der Waals surface area contributed by atoms with Crippen molar-refractivity contribution in [2.24, 2.45) is 5.92 Å². The Hall–Kier alpha value is -2.50. The Bertz CT molecular complexity index is 1190. The van der Waals surface area contributed by atoms with Crippen LogP contribution in [0.5, 0.6) is 17.2 Å². The average molecular weight is 433 g/mol. The fourth-order valence-corrected chi connectivity index (χ4v) is 5.85. The zero-order chi connectivity index (χ0) is 21.8. The third-order valence-electron chi connectivity index (χ3n) is 7.75. The molecule has 2 fully saturated rings. The van der Waals surface area contributed by atoms with Gasteiger partial charge in [0.25, 0.3) is 0 Å². The summed E-state index contributed by atoms with van der Waals surface area (Å²) in [5, 5.41) is 5.07. The first kappa shape index (κ1) is 20.1. The van der Waals surface area contributed by atoms with E-state index < -0.39 is 0 Å². The average Bonchev–Trinajstić information content (AvgIpc) is 3.65. The summed E-state index contributed by atoms with van der Waals surface area (Å²) >= 11 is 0. The highest BCUT2D eigenvalue weighted by Gasteiger charge is 2.35. The Labute approximate surface area is 189 Å². The number of fused-ring (bicyclic) bond motifs is 7. The van der Waals surface area contributed by atoms with Crippen molar-refractivity contribution in [2.75, 3.05) is 41.1 Å². The lowest BCUT2D eigenvalue weighted by Crippen LogP contribution is -2.53. The van der Waals surface area contributed by atoms with E-state index in [-0.39, 0.29) is 0 Å². The molecule has 3 aliphatic rings. The molecule has 1 saturated heterocycles. The molecule has 0 amide bonds. The van der Waals surface area contributed by atoms with Crippen molar-refractivity contribution in [2.45, 2.75) is 38.3 Å². The van der Waals surface area contributed by atoms with Crippen LogP contribution in [0.25, 0.3) is 21.5 Å². The van der Waals surface area contributed by atoms with Gasteiger partial charge in [0.2, 0.25) is 0 Å². The van der Waals surface area contributed by atoms with Crippen LogP contribution in [-0.4, -0.2) is 56.9 Å². The number of rotatable bonds is 5. The van der Waals surface area contributed by atoms with E-state index in [0.29, 0.717) is 6.04 Å². The molecule has 1 atom stereocenters. The van der Waals surface area contributed by atoms with Gasteiger partial charge in [0.05, 0.1) is 28.0 Å². The zero-order valence-electron chi connectivity index (χ0n) is 19.3. The minimum atomic E-state index is 0.616. The Morgan fingerprint density at radius 2 is 1.56 bits per heavy atom. The summed E-state index contributed by atoms with van der Waals surface area (Å²) in [6.45, 7) is 4.62. The fourth-order valence-electron chi connectivity index (χ4n) is 5.85. The van der Waals surface area contributed by atoms with Gasteiger partial charge in [-0.25, -0.2) is 0 Å². The molecule has 0 aromatic heterocycles. The van der Waals surface area contributed by atoms with Gasteiger partial charge in [-0.15, -0.1) is 0 Å². The molecule has 6 rings (SSSR count). The van der Waals surface area contributed by atoms with E-state index in [0.717, 1.165) is 42.8 Å². The molecule has 3 aromatic carbocycles. The number of hydrogen-bond acceptors (Lipinski definition) is 5. The summed E-state index contributed by atoms with van der Waals surface area (Å²) in [4.78, 5) is 5.39. The second-order valence-electron chi connectivity index (χ2n) is 9.68. The van der Waals surface area contributed by atoms with Crippen LogP contribution in [0, 0.1) is 5.92 Å². The Kier molecular flexibility index (Phi) is 4.92. The molecule has 0 radical (unpaired) electrons. The third-order valence-corrected chi connectivity index (χ3v) is 7.75. The Morgan fingerprint density at radius 1 is 0.812 bits per heavy atom. The molecule has 2 heterocycles. The number of benzene rings is 3. The van der Waals surface area contributed by atoms with E-state index in [1.807, 2.05) is 0 Å². The normalized spacial score (nSPS) is 21.4. The van der Waals surface area contributed by atoms with Gasteiger partial charge in [-0.1, -0.05) is 6.07 Å². The van der Waals surface area contributed by atoms with Crippen LogP contribution >= 0.6 is 0 Å². The molecule has 1 saturated carbocycles. The predicted octanol–water partition coefficient (Wildman–Crippen LogP) is 4.82. The highest BCUT2D eigenvalue weighted by molar-refractivity contribution is 6.12. The van der Waals surface area contributed by atoms with Gasteiger partial charge in [-0.05, 0) is 88.5 Å². The lowest BCUT2D eigenvalue weighted by molar-refractivity contribution is 0.0240. The van der Waals surface area contributed by atoms with Gasteiger partial charge < -0.3 is 14.2 Å². The predicted molar refractivity (Wildman–Crippen MR) is 128 cm³/mol. The highest BCUT2D eigenvalue weighted by Crippen LogP contribution is 2.44. The molecule has 2 aliphatic heterocycles. The minimum absolute atomic E-state index is 0.616. The first-order valence-corrected chi connectivity index (χ1v) is 11.8. The summed E-state index contributed by atoms with van der Waals surface area (Å²) in [7, 11) is 5.16. The van der Waals surface area contributed by atoms with Gasteiger partial charge >= 0.3 is 0 Å². The van der Waals surface area contributed by atoms with Crippen LogP contribution in [0.4, 0.5) is 0 Å². The third kappa shape index (κ3) is 3.30. The second kappa shape index (κ2) is 7.82. The van der Waals surface area contributed by atoms with Crippen molar-refractivity contribution >= 4 is 21.5 Å². The molecule has 0 unspecified atom stereocenters. The fraction of sp³-hybridized carbons (Fsp3) is 0.481. The smallest absolute Gasteiger partial charge is 0.161 e. The Balaban J connectivity index is 1.51. The monoisotopic (exact) mass is 432 g/mol. The zero-order valence-corrected chi connectivity index (χ0v) is 19.3. The quantitative estimate of drug-likeness (QED) is 0.540. The summed E-state index contributed by atoms with van der Waals surface area (Å²) in [5.74, 6) is 3.40. The summed E-state index contributed by atoms with van der Waals surface area (Å²) in [6.07, 6.45) is 5.20. The van der Waals surface area contributed by atoms with Crippen molar-refractivity contribution in [3.8, 4) is 17.2 Å². The molecule has 168 valence electrons. The van der Waals surface area contributed by atoms with Crippen LogP contribution in [-0.2, 0) is 13.0 Å². The largest absolute Gasteiger partial charge is 0.497 e. The van der Waals surface area contributed by atoms with Crippen molar-refractivity contribution in [1.82, 2.24) is 9.80 Å². The molecule has 0 spiro atoms. The van der Waals surface area contributed by atoms with Crippen LogP contribution in [0.1, 0.15) is 30.4 Å². The van der Waals surface area contributed by atoms with Gasteiger partial charge in [-0.3, -0.25) is 9.80 Å². The first-order valence-electron chi connectivity index (χ1n) is 11.8. The summed E-state index contributed by atoms with van der Waals surface area (Å²) in [5.41, 5.74) is 2.95. The molecule has 0 bridgehead atoms. The van der Waals surface area contributed by atoms with Crippen LogP contribution in [0.3, 0.4) is 0 Å². The molecule has 32 heavy (non-hydrogen) atoms. The standard InChI is InChI=1S/C27H32N2O3/c1-30-19-6-7-20-22(11-19)24-13-27(32-3)26(31-2)12-23(24)21-10-18-8-9-28(14-17-4-5-17)16-29(18)15-25(20)21/h6-7,11-13,17-18H,4-5,8-10,14-16H2,1-3H3/t18-/m0/s1. The van der Waals surface area contributed by atoms with E-state index >= 15 is 0 Å². The maximum atomic E-state index is 5.69. The Morgan fingerprint density at radius 3 is 2.28 bits per heavy atom. The van der Waals surface area contributed by atoms with Gasteiger partial charge in [0, 0.05) is 25.7 Å². The molecule has 1 aliphatic carbocycles. The molecule has 5 heteroatoms. The van der Waals surface area contributed by atoms with Gasteiger partial charge in [0.1, 0.15) is 5.75 Å². The minimum Gasteiger partial charge on any atom is -0.497 e. The SMILES string of the molecule is COc1ccc2c3c(c4cc(OC)c(OC)cc4c2c1)C[C@@H]1CCN(CC2CC2)CN1C3. The van der Waals surface area contributed by atoms with E-state index in [1.54, 1.807) is 21.3 Å². The lowest BCUT2D eigenvalue weighted by atomic mass is 9.83. The van der Waals surface area contributed by atoms with Crippen LogP contribution in [0.15, 0.2) is 30.3 Å². The van der Waals surface area contributed by atoms with Crippen molar-refractivity contribution in [1.29, 1.82) is 0 Å². The van der Waals surface area contributed by atoms with Gasteiger partial charge in [0.15, 0.2) is 11.5 Å². The van der Waals surface area contributed by atoms with E-state index in [2.05, 4.69) is 40.1 Å². The first-order chi connectivity index (χ1) is 15.7. The van der Waals surface area contributed by atoms with Crippen LogP contribution in [0.2, 0.25) is 0 Å². The van der Waals surface area contributed by atoms with Crippen molar-refractivity contribution in [3.05, 3.63) is 41.5 Å². The molecule has 5 nitrogen and oxygen atoms in total. The summed E-state index contributed by atoms with van der Waals surface area (Å²) in [6, 6.07) is 11.5. The highest BCUT2D eigenvalue weighted by atomic mass is 16.5. The van der Waals surface area contributed by atoms with Crippen molar-refractivity contribution in [3.63, 3.8) is 0 Å². The van der Waals surface area contributed by atoms with E-state index in [9.17, 15) is 0 Å². The molecule has 0 N–H and O–H groups in total. The van der Waals surface area contributed by atoms with Gasteiger partial charge in [-0.2, -0.15) is 0 Å². The summed E-state index contributed by atoms with van der Waals surface area (Å²) < 4.78 is 16.9. The van der Waals surface area contributed by atoms with E-state index in [1.165, 1.54) is 65.0 Å². The number of nitrogens with zero attached hydrogens (tertiary/aromatic N) is 2. The number of ether oxygens (including phenoxy) is 3. The van der Waals surface area contributed by atoms with E-state index in [4.69, 9.17) is 14.2 Å². The van der Waals surface area contributed by atoms with Crippen molar-refractivity contribution < 1.29 is 14.2 Å². The second-order valence-corrected chi connectivity index (χ2v) is 9.68. The van der Waals surface area contributed by atoms with Crippen LogP contribution < -0.4 is 14.2 Å². The maximum Gasteiger partial charge on any atom is 0.161 e. The lowest BCUT2D eigenvalue weighted by Gasteiger charge is -2.45. The molecule has 3 aromatic rings. The number of methoxy groups -OCH3 is 3. The maximum absolute atomic E-state index is 5.69. The topological polar surface area (TPSA) is 34.2 Å².